The number of amides is 1. The highest BCUT2D eigenvalue weighted by Crippen LogP contribution is 2.25. The van der Waals surface area contributed by atoms with Crippen LogP contribution in [-0.2, 0) is 4.79 Å². The van der Waals surface area contributed by atoms with Crippen LogP contribution in [0.5, 0.6) is 0 Å². The van der Waals surface area contributed by atoms with Crippen molar-refractivity contribution in [2.75, 3.05) is 23.3 Å². The van der Waals surface area contributed by atoms with E-state index in [0.29, 0.717) is 11.3 Å². The van der Waals surface area contributed by atoms with Gasteiger partial charge in [0.15, 0.2) is 5.82 Å². The van der Waals surface area contributed by atoms with Gasteiger partial charge in [-0.1, -0.05) is 28.1 Å². The Balaban J connectivity index is 1.34. The van der Waals surface area contributed by atoms with Crippen LogP contribution in [0.1, 0.15) is 12.8 Å². The van der Waals surface area contributed by atoms with Crippen LogP contribution in [0.15, 0.2) is 65.1 Å². The van der Waals surface area contributed by atoms with Crippen LogP contribution in [0.3, 0.4) is 0 Å². The third-order valence-corrected chi connectivity index (χ3v) is 5.60. The minimum atomic E-state index is -0.295. The maximum absolute atomic E-state index is 13.4. The highest BCUT2D eigenvalue weighted by molar-refractivity contribution is 9.10. The smallest absolute Gasteiger partial charge is 0.227 e. The number of benzene rings is 2. The first kappa shape index (κ1) is 19.5. The molecule has 1 saturated heterocycles. The lowest BCUT2D eigenvalue weighted by Crippen LogP contribution is -2.38. The van der Waals surface area contributed by atoms with Crippen molar-refractivity contribution in [1.29, 1.82) is 0 Å². The molecule has 1 aromatic heterocycles. The van der Waals surface area contributed by atoms with Gasteiger partial charge in [0, 0.05) is 34.7 Å². The molecule has 0 aliphatic carbocycles. The van der Waals surface area contributed by atoms with E-state index in [1.807, 2.05) is 42.5 Å². The molecular weight excluding hydrogens is 435 g/mol. The summed E-state index contributed by atoms with van der Waals surface area (Å²) in [5.74, 6) is 0.516. The van der Waals surface area contributed by atoms with Gasteiger partial charge in [0.05, 0.1) is 5.69 Å². The van der Waals surface area contributed by atoms with Gasteiger partial charge in [-0.2, -0.15) is 0 Å². The molecule has 7 heteroatoms. The SMILES string of the molecule is O=C(Nc1ccc(Br)cc1)C1CCN(c2ccc(-c3cccc(F)c3)nn2)CC1. The summed E-state index contributed by atoms with van der Waals surface area (Å²) >= 11 is 3.39. The summed E-state index contributed by atoms with van der Waals surface area (Å²) in [6.45, 7) is 1.48. The number of nitrogens with zero attached hydrogens (tertiary/aromatic N) is 3. The van der Waals surface area contributed by atoms with Crippen LogP contribution in [-0.4, -0.2) is 29.2 Å². The maximum atomic E-state index is 13.4. The number of hydrogen-bond donors (Lipinski definition) is 1. The zero-order valence-corrected chi connectivity index (χ0v) is 17.3. The van der Waals surface area contributed by atoms with E-state index < -0.39 is 0 Å². The Kier molecular flexibility index (Phi) is 5.85. The molecular formula is C22H20BrFN4O. The molecule has 0 atom stereocenters. The molecule has 1 N–H and O–H groups in total. The molecule has 4 rings (SSSR count). The average molecular weight is 455 g/mol. The summed E-state index contributed by atoms with van der Waals surface area (Å²) < 4.78 is 14.4. The number of piperidine rings is 1. The third-order valence-electron chi connectivity index (χ3n) is 5.07. The summed E-state index contributed by atoms with van der Waals surface area (Å²) in [6, 6.07) is 17.6. The molecule has 0 unspecified atom stereocenters. The fraction of sp³-hybridized carbons (Fsp3) is 0.227. The first-order valence-corrected chi connectivity index (χ1v) is 10.3. The van der Waals surface area contributed by atoms with E-state index in [1.54, 1.807) is 6.07 Å². The minimum Gasteiger partial charge on any atom is -0.355 e. The third kappa shape index (κ3) is 4.79. The van der Waals surface area contributed by atoms with Gasteiger partial charge in [0.1, 0.15) is 5.82 Å². The molecule has 3 aromatic rings. The summed E-state index contributed by atoms with van der Waals surface area (Å²) in [6.07, 6.45) is 1.52. The Morgan fingerprint density at radius 2 is 1.79 bits per heavy atom. The lowest BCUT2D eigenvalue weighted by atomic mass is 9.96. The largest absolute Gasteiger partial charge is 0.355 e. The Morgan fingerprint density at radius 1 is 1.03 bits per heavy atom. The Labute approximate surface area is 177 Å². The number of carbonyl (C=O) groups is 1. The van der Waals surface area contributed by atoms with Gasteiger partial charge >= 0.3 is 0 Å². The maximum Gasteiger partial charge on any atom is 0.227 e. The second-order valence-electron chi connectivity index (χ2n) is 7.04. The molecule has 1 aliphatic heterocycles. The van der Waals surface area contributed by atoms with Crippen molar-refractivity contribution in [3.05, 3.63) is 71.0 Å². The fourth-order valence-electron chi connectivity index (χ4n) is 3.44. The van der Waals surface area contributed by atoms with Gasteiger partial charge in [-0.15, -0.1) is 10.2 Å². The number of nitrogens with one attached hydrogen (secondary N) is 1. The van der Waals surface area contributed by atoms with Crippen LogP contribution in [0.25, 0.3) is 11.3 Å². The van der Waals surface area contributed by atoms with E-state index in [1.165, 1.54) is 12.1 Å². The van der Waals surface area contributed by atoms with Crippen molar-refractivity contribution < 1.29 is 9.18 Å². The van der Waals surface area contributed by atoms with Crippen molar-refractivity contribution in [1.82, 2.24) is 10.2 Å². The summed E-state index contributed by atoms with van der Waals surface area (Å²) in [7, 11) is 0. The minimum absolute atomic E-state index is 0.0191. The Morgan fingerprint density at radius 3 is 2.45 bits per heavy atom. The first-order valence-electron chi connectivity index (χ1n) is 9.49. The van der Waals surface area contributed by atoms with Crippen molar-refractivity contribution >= 4 is 33.3 Å². The van der Waals surface area contributed by atoms with E-state index >= 15 is 0 Å². The van der Waals surface area contributed by atoms with Gasteiger partial charge in [0.25, 0.3) is 0 Å². The zero-order chi connectivity index (χ0) is 20.2. The molecule has 0 radical (unpaired) electrons. The van der Waals surface area contributed by atoms with Crippen molar-refractivity contribution in [3.63, 3.8) is 0 Å². The van der Waals surface area contributed by atoms with Crippen molar-refractivity contribution in [2.24, 2.45) is 5.92 Å². The molecule has 0 bridgehead atoms. The Bertz CT molecular complexity index is 986. The van der Waals surface area contributed by atoms with Crippen LogP contribution in [0, 0.1) is 11.7 Å². The summed E-state index contributed by atoms with van der Waals surface area (Å²) in [4.78, 5) is 14.7. The number of rotatable bonds is 4. The molecule has 0 saturated carbocycles. The quantitative estimate of drug-likeness (QED) is 0.608. The normalized spacial score (nSPS) is 14.6. The topological polar surface area (TPSA) is 58.1 Å². The van der Waals surface area contributed by atoms with Crippen LogP contribution in [0.4, 0.5) is 15.9 Å². The molecule has 1 fully saturated rings. The molecule has 0 spiro atoms. The standard InChI is InChI=1S/C22H20BrFN4O/c23-17-4-6-19(7-5-17)25-22(29)15-10-12-28(13-11-15)21-9-8-20(26-27-21)16-2-1-3-18(24)14-16/h1-9,14-15H,10-13H2,(H,25,29). The summed E-state index contributed by atoms with van der Waals surface area (Å²) in [5.41, 5.74) is 2.14. The molecule has 2 heterocycles. The van der Waals surface area contributed by atoms with Crippen molar-refractivity contribution in [2.45, 2.75) is 12.8 Å². The van der Waals surface area contributed by atoms with Crippen LogP contribution >= 0.6 is 15.9 Å². The number of anilines is 2. The molecule has 29 heavy (non-hydrogen) atoms. The average Bonchev–Trinajstić information content (AvgIpc) is 2.75. The summed E-state index contributed by atoms with van der Waals surface area (Å²) in [5, 5.41) is 11.5. The first-order chi connectivity index (χ1) is 14.1. The molecule has 5 nitrogen and oxygen atoms in total. The van der Waals surface area contributed by atoms with Gasteiger partial charge in [0.2, 0.25) is 5.91 Å². The predicted molar refractivity (Wildman–Crippen MR) is 115 cm³/mol. The highest BCUT2D eigenvalue weighted by Gasteiger charge is 2.26. The predicted octanol–water partition coefficient (Wildman–Crippen LogP) is 4.90. The van der Waals surface area contributed by atoms with Gasteiger partial charge in [-0.25, -0.2) is 4.39 Å². The second kappa shape index (κ2) is 8.69. The van der Waals surface area contributed by atoms with E-state index in [-0.39, 0.29) is 17.6 Å². The fourth-order valence-corrected chi connectivity index (χ4v) is 3.71. The van der Waals surface area contributed by atoms with Gasteiger partial charge < -0.3 is 10.2 Å². The monoisotopic (exact) mass is 454 g/mol. The molecule has 148 valence electrons. The van der Waals surface area contributed by atoms with Crippen LogP contribution in [0.2, 0.25) is 0 Å². The van der Waals surface area contributed by atoms with E-state index in [2.05, 4.69) is 36.3 Å². The number of hydrogen-bond acceptors (Lipinski definition) is 4. The van der Waals surface area contributed by atoms with Crippen molar-refractivity contribution in [3.8, 4) is 11.3 Å². The van der Waals surface area contributed by atoms with E-state index in [9.17, 15) is 9.18 Å². The molecule has 2 aromatic carbocycles. The second-order valence-corrected chi connectivity index (χ2v) is 7.96. The lowest BCUT2D eigenvalue weighted by Gasteiger charge is -2.31. The molecule has 1 amide bonds. The Hall–Kier alpha value is -2.80. The van der Waals surface area contributed by atoms with Gasteiger partial charge in [-0.05, 0) is 61.4 Å². The van der Waals surface area contributed by atoms with Gasteiger partial charge in [-0.3, -0.25) is 4.79 Å². The van der Waals surface area contributed by atoms with E-state index in [0.717, 1.165) is 41.9 Å². The lowest BCUT2D eigenvalue weighted by molar-refractivity contribution is -0.120. The van der Waals surface area contributed by atoms with Crippen LogP contribution < -0.4 is 10.2 Å². The number of carbonyl (C=O) groups excluding carboxylic acids is 1. The number of halogens is 2. The van der Waals surface area contributed by atoms with E-state index in [4.69, 9.17) is 0 Å². The highest BCUT2D eigenvalue weighted by atomic mass is 79.9. The zero-order valence-electron chi connectivity index (χ0n) is 15.7. The molecule has 1 aliphatic rings. The number of aromatic nitrogens is 2.